The maximum Gasteiger partial charge on any atom is 0.306 e. The Kier molecular flexibility index (Phi) is 47.8. The lowest BCUT2D eigenvalue weighted by Crippen LogP contribution is -2.60. The van der Waals surface area contributed by atoms with E-state index in [9.17, 15) is 63.3 Å². The molecule has 2 aromatic rings. The van der Waals surface area contributed by atoms with Gasteiger partial charge in [0.1, 0.15) is 28.9 Å². The summed E-state index contributed by atoms with van der Waals surface area (Å²) in [5, 5.41) is 57.9. The summed E-state index contributed by atoms with van der Waals surface area (Å²) < 4.78 is 82.7. The summed E-state index contributed by atoms with van der Waals surface area (Å²) in [6.07, 6.45) is -4.09. The van der Waals surface area contributed by atoms with Crippen LogP contribution in [0.15, 0.2) is 29.1 Å². The number of carbonyl (C=O) groups is 11. The number of amides is 8. The minimum absolute atomic E-state index is 0.0324. The van der Waals surface area contributed by atoms with Crippen LogP contribution in [0.4, 0.5) is 0 Å². The molecule has 2 bridgehead atoms. The summed E-state index contributed by atoms with van der Waals surface area (Å²) in [6, 6.07) is -3.68. The van der Waals surface area contributed by atoms with Gasteiger partial charge in [-0.15, -0.1) is 0 Å². The summed E-state index contributed by atoms with van der Waals surface area (Å²) in [5.41, 5.74) is 12.9. The van der Waals surface area contributed by atoms with Gasteiger partial charge >= 0.3 is 5.97 Å². The van der Waals surface area contributed by atoms with Crippen LogP contribution in [-0.2, 0) is 128 Å². The second-order valence-corrected chi connectivity index (χ2v) is 30.7. The highest BCUT2D eigenvalue weighted by molar-refractivity contribution is 7.98. The molecule has 3 unspecified atom stereocenters. The number of fused-ring (bicyclic) bond motifs is 5. The molecule has 0 spiro atoms. The van der Waals surface area contributed by atoms with Crippen molar-refractivity contribution in [3.8, 4) is 5.75 Å². The van der Waals surface area contributed by atoms with Crippen LogP contribution >= 0.6 is 11.8 Å². The molecule has 12 atom stereocenters. The molecule has 117 heavy (non-hydrogen) atoms. The van der Waals surface area contributed by atoms with Crippen LogP contribution in [0.2, 0.25) is 0 Å². The first-order valence-corrected chi connectivity index (χ1v) is 41.7. The lowest BCUT2D eigenvalue weighted by Gasteiger charge is -2.32. The van der Waals surface area contributed by atoms with Crippen molar-refractivity contribution in [3.63, 3.8) is 0 Å². The molecule has 5 rings (SSSR count). The van der Waals surface area contributed by atoms with E-state index < -0.39 is 199 Å². The van der Waals surface area contributed by atoms with Gasteiger partial charge in [0.25, 0.3) is 0 Å². The fourth-order valence-corrected chi connectivity index (χ4v) is 14.7. The third-order valence-corrected chi connectivity index (χ3v) is 21.6. The summed E-state index contributed by atoms with van der Waals surface area (Å²) in [5.74, 6) is -8.61. The number of rotatable bonds is 52. The van der Waals surface area contributed by atoms with E-state index in [1.807, 2.05) is 0 Å². The van der Waals surface area contributed by atoms with Crippen LogP contribution in [-0.4, -0.2) is 344 Å². The van der Waals surface area contributed by atoms with Crippen LogP contribution in [0.25, 0.3) is 10.9 Å². The van der Waals surface area contributed by atoms with Crippen molar-refractivity contribution in [3.05, 3.63) is 35.2 Å². The molecule has 662 valence electrons. The fourth-order valence-electron chi connectivity index (χ4n) is 12.4. The van der Waals surface area contributed by atoms with E-state index >= 15 is 9.00 Å². The lowest BCUT2D eigenvalue weighted by molar-refractivity contribution is -0.144. The maximum absolute atomic E-state index is 15.4. The first kappa shape index (κ1) is 99.9. The van der Waals surface area contributed by atoms with E-state index in [0.29, 0.717) is 179 Å². The number of hydrogen-bond acceptors (Lipinski definition) is 31. The highest BCUT2D eigenvalue weighted by atomic mass is 32.2. The van der Waals surface area contributed by atoms with Crippen molar-refractivity contribution in [2.75, 3.05) is 203 Å². The number of hydrogen-bond donors (Lipinski definition) is 14. The molecule has 3 aliphatic rings. The molecule has 0 aliphatic carbocycles. The number of hydrazine groups is 1. The van der Waals surface area contributed by atoms with Crippen molar-refractivity contribution in [2.45, 2.75) is 120 Å². The molecule has 1 saturated heterocycles. The predicted molar refractivity (Wildman–Crippen MR) is 422 cm³/mol. The number of aliphatic hydroxyl groups excluding tert-OH is 3. The number of carbonyl (C=O) groups excluding carboxylic acids is 10. The Labute approximate surface area is 687 Å². The van der Waals surface area contributed by atoms with Gasteiger partial charge in [-0.1, -0.05) is 34.1 Å². The average Bonchev–Trinajstić information content (AvgIpc) is 1.61. The van der Waals surface area contributed by atoms with Crippen molar-refractivity contribution < 1.29 is 134 Å². The number of ether oxygens (including phenoxy) is 12. The molecule has 0 saturated carbocycles. The number of primary amides is 1. The Bertz CT molecular complexity index is 3510. The van der Waals surface area contributed by atoms with Crippen molar-refractivity contribution >= 4 is 98.3 Å². The summed E-state index contributed by atoms with van der Waals surface area (Å²) >= 11 is 1.45. The van der Waals surface area contributed by atoms with E-state index in [2.05, 4.69) is 36.9 Å². The topological polar surface area (TPSA) is 569 Å². The number of carboxylic acids is 1. The van der Waals surface area contributed by atoms with Gasteiger partial charge in [-0.25, -0.2) is 5.84 Å². The van der Waals surface area contributed by atoms with Gasteiger partial charge in [0.05, 0.1) is 238 Å². The predicted octanol–water partition coefficient (Wildman–Crippen LogP) is -3.82. The quantitative estimate of drug-likeness (QED) is 0.0171. The van der Waals surface area contributed by atoms with E-state index in [4.69, 9.17) is 79.3 Å². The smallest absolute Gasteiger partial charge is 0.306 e. The van der Waals surface area contributed by atoms with Gasteiger partial charge in [0.2, 0.25) is 47.3 Å². The van der Waals surface area contributed by atoms with Gasteiger partial charge in [0, 0.05) is 84.3 Å². The second kappa shape index (κ2) is 56.0. The zero-order chi connectivity index (χ0) is 85.6. The number of Topliss-reactive ketones (excluding diaryl/α,β-unsaturated/α-hetero) is 2. The number of ketones is 2. The Balaban J connectivity index is 1.04. The number of aromatic amines is 1. The number of carboxylic acid groups (broad SMARTS) is 1. The van der Waals surface area contributed by atoms with Gasteiger partial charge in [-0.3, -0.25) is 56.9 Å². The normalized spacial score (nSPS) is 21.4. The molecule has 1 fully saturated rings. The molecule has 1 aromatic heterocycles. The molecular formula is C75H122N12O28S2. The first-order chi connectivity index (χ1) is 56.2. The monoisotopic (exact) mass is 1700 g/mol. The number of nitrogens with zero attached hydrogens (tertiary/aromatic N) is 2. The number of benzene rings is 1. The molecule has 3 aliphatic heterocycles. The van der Waals surface area contributed by atoms with Crippen molar-refractivity contribution in [1.29, 1.82) is 0 Å². The third kappa shape index (κ3) is 36.9. The molecule has 0 radical (unpaired) electrons. The number of aliphatic hydroxyl groups is 3. The van der Waals surface area contributed by atoms with E-state index in [1.54, 1.807) is 26.0 Å². The highest BCUT2D eigenvalue weighted by Gasteiger charge is 2.45. The molecule has 4 heterocycles. The van der Waals surface area contributed by atoms with E-state index in [0.717, 1.165) is 4.90 Å². The fraction of sp³-hybridized carbons (Fsp3) is 0.720. The van der Waals surface area contributed by atoms with Gasteiger partial charge < -0.3 is 136 Å². The van der Waals surface area contributed by atoms with Crippen LogP contribution in [0, 0.1) is 29.6 Å². The molecule has 8 amide bonds. The minimum Gasteiger partial charge on any atom is -0.496 e. The minimum atomic E-state index is -2.42. The first-order valence-electron chi connectivity index (χ1n) is 39.2. The van der Waals surface area contributed by atoms with Crippen LogP contribution in [0.3, 0.4) is 0 Å². The van der Waals surface area contributed by atoms with Crippen molar-refractivity contribution in [1.82, 2.24) is 46.8 Å². The largest absolute Gasteiger partial charge is 0.496 e. The second-order valence-electron chi connectivity index (χ2n) is 28.1. The zero-order valence-corrected chi connectivity index (χ0v) is 69.1. The van der Waals surface area contributed by atoms with Crippen molar-refractivity contribution in [2.24, 2.45) is 46.9 Å². The SMILES string of the molecule is CC[C@H](C)[C@@H]1CC(=O)CNC(=O)[C@H]2CC(=O)[C@H]([C@@H](C)[C@@H](O)CO)NC(=O)[C@@H]3C[C@@H](O)CN3C(=O)[C@H](CC(N)=O)NC(=O)C(CS(=O)c3[nH]c4c(CSCCOCCOCCOCCOCCOCCOCCOCCOCCOCCOCCOCCN(N)/C=C(\N)CNC(=O)CC(C)C(=O)O)c(OC)ccc4c3C2)NC(=O)CNC1=O. The summed E-state index contributed by atoms with van der Waals surface area (Å²) in [6.45, 7) is 11.9. The van der Waals surface area contributed by atoms with Gasteiger partial charge in [-0.05, 0) is 30.0 Å². The van der Waals surface area contributed by atoms with E-state index in [-0.39, 0.29) is 48.9 Å². The Hall–Kier alpha value is -7.63. The average molecular weight is 1700 g/mol. The van der Waals surface area contributed by atoms with Crippen LogP contribution in [0.5, 0.6) is 5.75 Å². The van der Waals surface area contributed by atoms with E-state index in [1.165, 1.54) is 43.9 Å². The number of H-pyrrole nitrogens is 1. The molecule has 1 aromatic carbocycles. The Morgan fingerprint density at radius 2 is 1.25 bits per heavy atom. The molecule has 40 nitrogen and oxygen atoms in total. The number of nitrogens with two attached hydrogens (primary N) is 3. The number of nitrogens with one attached hydrogen (secondary N) is 7. The van der Waals surface area contributed by atoms with Gasteiger partial charge in [-0.2, -0.15) is 11.8 Å². The zero-order valence-electron chi connectivity index (χ0n) is 67.5. The standard InChI is InChI=1S/C75H122N12O28S2/c1-6-47(2)55-36-52(89)40-80-69(96)50-34-56-54-7-8-63(104-5)57(68(54)85-73(56)117(103)46-59(82-66(95)41-81-70(55)97)71(98)83-58(38-64(77)93)74(100)87-43-53(90)37-60(87)72(99)84-67(61(91)35-50)49(4)62(92)44-88)45-116-32-31-115-30-29-114-28-27-113-26-25-112-24-23-111-22-21-110-20-19-109-18-17-108-16-15-107-14-13-106-12-11-105-10-9-86(78)42-51(76)39-79-65(94)33-48(3)75(101)102/h7-8,42,47-50,53,55,58-60,62,67,85,88,90,92H,6,9-41,43-46,76,78H2,1-5H3,(H2,77,93)(H,79,94)(H,80,96)(H,81,97)(H,82,95)(H,83,98)(H,84,99)(H,101,102)/b51-42-/t47-,48?,49-,50+,53+,55-,58-,59?,60-,62-,67-,117?/m0/s1. The number of thioether (sulfide) groups is 1. The number of aromatic nitrogens is 1. The molecular weight excluding hydrogens is 1580 g/mol. The Morgan fingerprint density at radius 3 is 1.77 bits per heavy atom. The number of methoxy groups -OCH3 is 1. The molecule has 17 N–H and O–H groups in total. The lowest BCUT2D eigenvalue weighted by atomic mass is 9.85. The maximum atomic E-state index is 15.4. The number of aliphatic carboxylic acids is 1. The van der Waals surface area contributed by atoms with Crippen LogP contribution < -0.4 is 53.9 Å². The van der Waals surface area contributed by atoms with Crippen LogP contribution in [0.1, 0.15) is 77.3 Å². The van der Waals surface area contributed by atoms with Gasteiger partial charge in [0.15, 0.2) is 11.6 Å². The Morgan fingerprint density at radius 1 is 0.709 bits per heavy atom. The summed E-state index contributed by atoms with van der Waals surface area (Å²) in [7, 11) is -0.969. The third-order valence-electron chi connectivity index (χ3n) is 19.2. The summed E-state index contributed by atoms with van der Waals surface area (Å²) in [4.78, 5) is 155. The molecule has 42 heteroatoms. The highest BCUT2D eigenvalue weighted by Crippen LogP contribution is 2.37.